The van der Waals surface area contributed by atoms with Gasteiger partial charge in [-0.2, -0.15) is 13.2 Å². The molecule has 3 rings (SSSR count). The minimum absolute atomic E-state index is 0.378. The second-order valence-corrected chi connectivity index (χ2v) is 4.92. The molecule has 0 aliphatic carbocycles. The molecule has 0 radical (unpaired) electrons. The lowest BCUT2D eigenvalue weighted by Crippen LogP contribution is -2.32. The fourth-order valence-electron chi connectivity index (χ4n) is 2.41. The van der Waals surface area contributed by atoms with Gasteiger partial charge in [0.15, 0.2) is 0 Å². The van der Waals surface area contributed by atoms with Gasteiger partial charge in [-0.15, -0.1) is 0 Å². The first-order valence-electron chi connectivity index (χ1n) is 6.71. The van der Waals surface area contributed by atoms with Crippen LogP contribution in [0.2, 0.25) is 0 Å². The zero-order chi connectivity index (χ0) is 16.6. The molecule has 2 aromatic carbocycles. The van der Waals surface area contributed by atoms with Gasteiger partial charge in [-0.05, 0) is 29.7 Å². The molecule has 0 saturated heterocycles. The van der Waals surface area contributed by atoms with Crippen LogP contribution in [-0.4, -0.2) is 16.5 Å². The highest BCUT2D eigenvalue weighted by Gasteiger charge is 2.41. The third-order valence-electron chi connectivity index (χ3n) is 3.43. The maximum Gasteiger partial charge on any atom is 0.455 e. The maximum atomic E-state index is 12.8. The largest absolute Gasteiger partial charge is 0.455 e. The first-order chi connectivity index (χ1) is 10.9. The number of carbonyl (C=O) groups excluding carboxylic acids is 1. The average molecular weight is 317 g/mol. The molecule has 1 heterocycles. The molecule has 3 aromatic rings. The number of fused-ring (bicyclic) bond motifs is 1. The minimum Gasteiger partial charge on any atom is -0.284 e. The molecule has 3 nitrogen and oxygen atoms in total. The quantitative estimate of drug-likeness (QED) is 0.676. The van der Waals surface area contributed by atoms with Gasteiger partial charge in [-0.25, -0.2) is 0 Å². The second-order valence-electron chi connectivity index (χ2n) is 4.92. The Kier molecular flexibility index (Phi) is 3.52. The predicted molar refractivity (Wildman–Crippen MR) is 79.9 cm³/mol. The van der Waals surface area contributed by atoms with E-state index in [1.807, 2.05) is 0 Å². The summed E-state index contributed by atoms with van der Waals surface area (Å²) in [7, 11) is 0. The number of Topliss-reactive ketones (excluding diaryl/α,β-unsaturated/α-hetero) is 1. The number of ketones is 1. The number of rotatable bonds is 2. The van der Waals surface area contributed by atoms with Crippen LogP contribution in [0.5, 0.6) is 0 Å². The standard InChI is InChI=1S/C17H10F3NO2/c18-17(19,20)15(22)13-10-11-6-4-5-9-14(11)21(16(13)23)12-7-2-1-3-8-12/h1-10H. The summed E-state index contributed by atoms with van der Waals surface area (Å²) in [4.78, 5) is 24.1. The van der Waals surface area contributed by atoms with E-state index in [-0.39, 0.29) is 0 Å². The molecule has 0 saturated carbocycles. The lowest BCUT2D eigenvalue weighted by atomic mass is 10.1. The van der Waals surface area contributed by atoms with E-state index in [1.165, 1.54) is 0 Å². The highest BCUT2D eigenvalue weighted by Crippen LogP contribution is 2.23. The SMILES string of the molecule is O=C(c1cc2ccccc2n(-c2ccccc2)c1=O)C(F)(F)F. The van der Waals surface area contributed by atoms with Crippen LogP contribution in [0, 0.1) is 0 Å². The third kappa shape index (κ3) is 2.63. The Morgan fingerprint density at radius 3 is 2.17 bits per heavy atom. The Bertz CT molecular complexity index is 943. The highest BCUT2D eigenvalue weighted by molar-refractivity contribution is 6.02. The first-order valence-corrected chi connectivity index (χ1v) is 6.71. The van der Waals surface area contributed by atoms with Crippen molar-refractivity contribution in [3.8, 4) is 5.69 Å². The van der Waals surface area contributed by atoms with Crippen molar-refractivity contribution in [2.45, 2.75) is 6.18 Å². The normalized spacial score (nSPS) is 11.6. The van der Waals surface area contributed by atoms with Gasteiger partial charge < -0.3 is 0 Å². The van der Waals surface area contributed by atoms with Crippen LogP contribution in [0.15, 0.2) is 65.5 Å². The molecule has 6 heteroatoms. The van der Waals surface area contributed by atoms with Gasteiger partial charge in [-0.1, -0.05) is 36.4 Å². The zero-order valence-electron chi connectivity index (χ0n) is 11.7. The van der Waals surface area contributed by atoms with E-state index in [2.05, 4.69) is 0 Å². The van der Waals surface area contributed by atoms with Crippen LogP contribution in [0.1, 0.15) is 10.4 Å². The van der Waals surface area contributed by atoms with Gasteiger partial charge in [0.05, 0.1) is 11.1 Å². The number of carbonyl (C=O) groups is 1. The molecule has 0 unspecified atom stereocenters. The zero-order valence-corrected chi connectivity index (χ0v) is 11.7. The van der Waals surface area contributed by atoms with Crippen LogP contribution in [0.4, 0.5) is 13.2 Å². The van der Waals surface area contributed by atoms with Crippen LogP contribution in [-0.2, 0) is 0 Å². The van der Waals surface area contributed by atoms with Crippen molar-refractivity contribution < 1.29 is 18.0 Å². The van der Waals surface area contributed by atoms with E-state index in [9.17, 15) is 22.8 Å². The van der Waals surface area contributed by atoms with Crippen LogP contribution < -0.4 is 5.56 Å². The van der Waals surface area contributed by atoms with E-state index < -0.39 is 23.1 Å². The van der Waals surface area contributed by atoms with Crippen molar-refractivity contribution in [2.75, 3.05) is 0 Å². The lowest BCUT2D eigenvalue weighted by Gasteiger charge is -2.13. The van der Waals surface area contributed by atoms with E-state index in [4.69, 9.17) is 0 Å². The van der Waals surface area contributed by atoms with Crippen LogP contribution >= 0.6 is 0 Å². The Balaban J connectivity index is 2.41. The van der Waals surface area contributed by atoms with Crippen LogP contribution in [0.3, 0.4) is 0 Å². The van der Waals surface area contributed by atoms with Gasteiger partial charge in [0, 0.05) is 5.69 Å². The third-order valence-corrected chi connectivity index (χ3v) is 3.43. The number of aromatic nitrogens is 1. The maximum absolute atomic E-state index is 12.8. The molecule has 0 spiro atoms. The number of benzene rings is 2. The predicted octanol–water partition coefficient (Wildman–Crippen LogP) is 3.74. The van der Waals surface area contributed by atoms with Crippen molar-refractivity contribution in [3.63, 3.8) is 0 Å². The molecule has 0 aliphatic rings. The Hall–Kier alpha value is -2.89. The number of hydrogen-bond acceptors (Lipinski definition) is 2. The molecule has 0 amide bonds. The van der Waals surface area contributed by atoms with E-state index in [0.29, 0.717) is 16.6 Å². The van der Waals surface area contributed by atoms with Gasteiger partial charge in [0.2, 0.25) is 0 Å². The van der Waals surface area contributed by atoms with Gasteiger partial charge in [0.25, 0.3) is 11.3 Å². The van der Waals surface area contributed by atoms with Crippen molar-refractivity contribution in [2.24, 2.45) is 0 Å². The number of para-hydroxylation sites is 2. The summed E-state index contributed by atoms with van der Waals surface area (Å²) in [5, 5.41) is 0.378. The van der Waals surface area contributed by atoms with Crippen LogP contribution in [0.25, 0.3) is 16.6 Å². The molecular formula is C17H10F3NO2. The molecule has 0 atom stereocenters. The number of nitrogens with zero attached hydrogens (tertiary/aromatic N) is 1. The van der Waals surface area contributed by atoms with Gasteiger partial charge >= 0.3 is 6.18 Å². The number of halogens is 3. The van der Waals surface area contributed by atoms with E-state index in [0.717, 1.165) is 10.6 Å². The van der Waals surface area contributed by atoms with Crippen molar-refractivity contribution in [1.29, 1.82) is 0 Å². The summed E-state index contributed by atoms with van der Waals surface area (Å²) in [5.41, 5.74) is -1.05. The summed E-state index contributed by atoms with van der Waals surface area (Å²) in [6.45, 7) is 0. The van der Waals surface area contributed by atoms with Gasteiger partial charge in [-0.3, -0.25) is 14.2 Å². The fourth-order valence-corrected chi connectivity index (χ4v) is 2.41. The summed E-state index contributed by atoms with van der Waals surface area (Å²) < 4.78 is 39.4. The number of alkyl halides is 3. The Morgan fingerprint density at radius 2 is 1.52 bits per heavy atom. The molecule has 0 fully saturated rings. The summed E-state index contributed by atoms with van der Waals surface area (Å²) in [6, 6.07) is 15.7. The lowest BCUT2D eigenvalue weighted by molar-refractivity contribution is -0.0886. The Morgan fingerprint density at radius 1 is 0.913 bits per heavy atom. The fraction of sp³-hybridized carbons (Fsp3) is 0.0588. The molecule has 23 heavy (non-hydrogen) atoms. The molecule has 0 N–H and O–H groups in total. The summed E-state index contributed by atoms with van der Waals surface area (Å²) in [5.74, 6) is -2.14. The van der Waals surface area contributed by atoms with E-state index >= 15 is 0 Å². The Labute approximate surface area is 128 Å². The van der Waals surface area contributed by atoms with Crippen molar-refractivity contribution >= 4 is 16.7 Å². The second kappa shape index (κ2) is 5.39. The summed E-state index contributed by atoms with van der Waals surface area (Å²) >= 11 is 0. The monoisotopic (exact) mass is 317 g/mol. The minimum atomic E-state index is -5.10. The van der Waals surface area contributed by atoms with Gasteiger partial charge in [0.1, 0.15) is 0 Å². The average Bonchev–Trinajstić information content (AvgIpc) is 2.53. The molecule has 0 aliphatic heterocycles. The van der Waals surface area contributed by atoms with Crippen molar-refractivity contribution in [1.82, 2.24) is 4.57 Å². The topological polar surface area (TPSA) is 39.1 Å². The first kappa shape index (κ1) is 15.0. The highest BCUT2D eigenvalue weighted by atomic mass is 19.4. The van der Waals surface area contributed by atoms with Crippen molar-refractivity contribution in [3.05, 3.63) is 76.6 Å². The van der Waals surface area contributed by atoms with E-state index in [1.54, 1.807) is 54.6 Å². The summed E-state index contributed by atoms with van der Waals surface area (Å²) in [6.07, 6.45) is -5.10. The molecule has 116 valence electrons. The molecule has 1 aromatic heterocycles. The smallest absolute Gasteiger partial charge is 0.284 e. The molecule has 0 bridgehead atoms. The molecular weight excluding hydrogens is 307 g/mol. The number of pyridine rings is 1. The number of hydrogen-bond donors (Lipinski definition) is 0.